The first-order valence-electron chi connectivity index (χ1n) is 10.6. The number of carbonyl (C=O) groups is 1. The molecule has 0 saturated carbocycles. The number of imidazole rings is 1. The Morgan fingerprint density at radius 3 is 2.43 bits per heavy atom. The number of hydrogen-bond acceptors (Lipinski definition) is 6. The minimum atomic E-state index is -0.330. The van der Waals surface area contributed by atoms with Gasteiger partial charge in [-0.25, -0.2) is 9.78 Å². The van der Waals surface area contributed by atoms with Gasteiger partial charge in [-0.15, -0.1) is 0 Å². The fourth-order valence-electron chi connectivity index (χ4n) is 3.79. The third-order valence-corrected chi connectivity index (χ3v) is 5.60. The van der Waals surface area contributed by atoms with Gasteiger partial charge in [-0.1, -0.05) is 13.8 Å². The van der Waals surface area contributed by atoms with Gasteiger partial charge in [0.05, 0.1) is 12.9 Å². The number of carbonyl (C=O) groups excluding carboxylic acids is 1. The van der Waals surface area contributed by atoms with Crippen molar-refractivity contribution in [3.05, 3.63) is 27.2 Å². The summed E-state index contributed by atoms with van der Waals surface area (Å²) < 4.78 is 4.39. The maximum absolute atomic E-state index is 12.7. The zero-order valence-corrected chi connectivity index (χ0v) is 18.4. The predicted molar refractivity (Wildman–Crippen MR) is 116 cm³/mol. The number of piperazine rings is 1. The van der Waals surface area contributed by atoms with E-state index < -0.39 is 0 Å². The van der Waals surface area contributed by atoms with E-state index in [2.05, 4.69) is 33.9 Å². The van der Waals surface area contributed by atoms with Crippen LogP contribution in [0.2, 0.25) is 0 Å². The second kappa shape index (κ2) is 9.57. The van der Waals surface area contributed by atoms with Gasteiger partial charge >= 0.3 is 5.69 Å². The van der Waals surface area contributed by atoms with Crippen molar-refractivity contribution in [1.82, 2.24) is 33.8 Å². The topological polar surface area (TPSA) is 97.4 Å². The third-order valence-electron chi connectivity index (χ3n) is 5.60. The summed E-state index contributed by atoms with van der Waals surface area (Å²) in [5.74, 6) is 0.534. The number of aryl methyl sites for hydroxylation is 2. The molecule has 30 heavy (non-hydrogen) atoms. The van der Waals surface area contributed by atoms with Crippen molar-refractivity contribution in [3.8, 4) is 0 Å². The molecule has 3 rings (SSSR count). The second-order valence-electron chi connectivity index (χ2n) is 8.50. The smallest absolute Gasteiger partial charge is 0.332 e. The molecule has 10 nitrogen and oxygen atoms in total. The van der Waals surface area contributed by atoms with E-state index in [0.29, 0.717) is 43.1 Å². The minimum absolute atomic E-state index is 0.0814. The highest BCUT2D eigenvalue weighted by Crippen LogP contribution is 2.05. The lowest BCUT2D eigenvalue weighted by Crippen LogP contribution is -2.50. The van der Waals surface area contributed by atoms with Gasteiger partial charge in [0.1, 0.15) is 0 Å². The summed E-state index contributed by atoms with van der Waals surface area (Å²) in [5.41, 5.74) is 0.243. The lowest BCUT2D eigenvalue weighted by molar-refractivity contribution is -0.122. The van der Waals surface area contributed by atoms with Crippen LogP contribution in [0.4, 0.5) is 0 Å². The van der Waals surface area contributed by atoms with Gasteiger partial charge in [0.25, 0.3) is 5.56 Å². The molecule has 3 heterocycles. The Kier molecular flexibility index (Phi) is 7.09. The molecule has 0 aromatic carbocycles. The molecule has 0 unspecified atom stereocenters. The van der Waals surface area contributed by atoms with Crippen LogP contribution in [0.3, 0.4) is 0 Å². The largest absolute Gasteiger partial charge is 0.355 e. The molecule has 1 N–H and O–H groups in total. The lowest BCUT2D eigenvalue weighted by Gasteiger charge is -2.34. The van der Waals surface area contributed by atoms with Crippen LogP contribution >= 0.6 is 0 Å². The molecule has 1 aliphatic rings. The van der Waals surface area contributed by atoms with Crippen LogP contribution in [-0.2, 0) is 25.4 Å². The monoisotopic (exact) mass is 419 g/mol. The molecular formula is C20H33N7O3. The molecule has 0 bridgehead atoms. The van der Waals surface area contributed by atoms with Gasteiger partial charge in [0.2, 0.25) is 5.91 Å². The molecule has 1 amide bonds. The minimum Gasteiger partial charge on any atom is -0.355 e. The van der Waals surface area contributed by atoms with Crippen LogP contribution in [0, 0.1) is 5.92 Å². The van der Waals surface area contributed by atoms with Crippen LogP contribution in [0.5, 0.6) is 0 Å². The van der Waals surface area contributed by atoms with Crippen molar-refractivity contribution in [2.45, 2.75) is 26.8 Å². The first-order chi connectivity index (χ1) is 14.3. The fourth-order valence-corrected chi connectivity index (χ4v) is 3.79. The number of fused-ring (bicyclic) bond motifs is 1. The molecule has 10 heteroatoms. The Hall–Kier alpha value is -2.46. The maximum atomic E-state index is 12.7. The first kappa shape index (κ1) is 22.2. The molecule has 2 aromatic rings. The van der Waals surface area contributed by atoms with Crippen molar-refractivity contribution in [2.75, 3.05) is 45.8 Å². The van der Waals surface area contributed by atoms with Crippen LogP contribution in [0.15, 0.2) is 15.9 Å². The molecule has 0 radical (unpaired) electrons. The van der Waals surface area contributed by atoms with Crippen LogP contribution in [0.25, 0.3) is 11.2 Å². The first-order valence-corrected chi connectivity index (χ1v) is 10.6. The van der Waals surface area contributed by atoms with Gasteiger partial charge in [0, 0.05) is 53.4 Å². The summed E-state index contributed by atoms with van der Waals surface area (Å²) >= 11 is 0. The number of hydrogen-bond donors (Lipinski definition) is 1. The maximum Gasteiger partial charge on any atom is 0.332 e. The van der Waals surface area contributed by atoms with E-state index in [-0.39, 0.29) is 17.2 Å². The van der Waals surface area contributed by atoms with Crippen molar-refractivity contribution < 1.29 is 4.79 Å². The van der Waals surface area contributed by atoms with Crippen LogP contribution in [-0.4, -0.2) is 80.2 Å². The lowest BCUT2D eigenvalue weighted by atomic mass is 10.2. The summed E-state index contributed by atoms with van der Waals surface area (Å²) in [5, 5.41) is 2.96. The van der Waals surface area contributed by atoms with Crippen molar-refractivity contribution in [2.24, 2.45) is 20.0 Å². The Bertz CT molecular complexity index is 996. The number of amides is 1. The quantitative estimate of drug-likeness (QED) is 0.603. The van der Waals surface area contributed by atoms with Gasteiger partial charge in [-0.2, -0.15) is 0 Å². The van der Waals surface area contributed by atoms with Gasteiger partial charge in [0.15, 0.2) is 11.2 Å². The van der Waals surface area contributed by atoms with Crippen LogP contribution < -0.4 is 16.6 Å². The van der Waals surface area contributed by atoms with Crippen molar-refractivity contribution >= 4 is 17.1 Å². The Balaban J connectivity index is 1.49. The second-order valence-corrected chi connectivity index (χ2v) is 8.50. The molecule has 166 valence electrons. The summed E-state index contributed by atoms with van der Waals surface area (Å²) in [7, 11) is 3.40. The summed E-state index contributed by atoms with van der Waals surface area (Å²) in [4.78, 5) is 45.9. The van der Waals surface area contributed by atoms with E-state index >= 15 is 0 Å². The summed E-state index contributed by atoms with van der Waals surface area (Å²) in [6, 6.07) is 0. The number of nitrogens with one attached hydrogen (secondary N) is 1. The Labute approximate surface area is 176 Å². The van der Waals surface area contributed by atoms with Crippen LogP contribution in [0.1, 0.15) is 20.3 Å². The Morgan fingerprint density at radius 2 is 1.77 bits per heavy atom. The molecule has 2 aromatic heterocycles. The van der Waals surface area contributed by atoms with E-state index in [4.69, 9.17) is 0 Å². The van der Waals surface area contributed by atoms with Gasteiger partial charge in [-0.05, 0) is 18.9 Å². The Morgan fingerprint density at radius 1 is 1.10 bits per heavy atom. The average molecular weight is 420 g/mol. The van der Waals surface area contributed by atoms with Gasteiger partial charge in [-0.3, -0.25) is 23.6 Å². The summed E-state index contributed by atoms with van der Waals surface area (Å²) in [6.07, 6.45) is 2.27. The standard InChI is InChI=1S/C20H33N7O3/c1-15(2)12-21-16(28)13-26-10-8-25(9-11-26)6-5-7-27-19(29)17-18(22-14-23(17)3)24(4)20(27)30/h14-15H,5-13H2,1-4H3,(H,21,28). The number of rotatable bonds is 8. The predicted octanol–water partition coefficient (Wildman–Crippen LogP) is -0.786. The average Bonchev–Trinajstić information content (AvgIpc) is 3.10. The highest BCUT2D eigenvalue weighted by Gasteiger charge is 2.19. The molecule has 1 saturated heterocycles. The molecule has 0 spiro atoms. The van der Waals surface area contributed by atoms with E-state index in [9.17, 15) is 14.4 Å². The molecule has 0 aliphatic carbocycles. The molecule has 0 atom stereocenters. The van der Waals surface area contributed by atoms with E-state index in [1.165, 1.54) is 9.13 Å². The van der Waals surface area contributed by atoms with Crippen molar-refractivity contribution in [1.29, 1.82) is 0 Å². The molecule has 1 fully saturated rings. The fraction of sp³-hybridized carbons (Fsp3) is 0.700. The summed E-state index contributed by atoms with van der Waals surface area (Å²) in [6.45, 7) is 9.96. The highest BCUT2D eigenvalue weighted by molar-refractivity contribution is 5.78. The zero-order valence-electron chi connectivity index (χ0n) is 18.4. The van der Waals surface area contributed by atoms with E-state index in [0.717, 1.165) is 32.7 Å². The normalized spacial score (nSPS) is 15.9. The zero-order chi connectivity index (χ0) is 21.8. The molecule has 1 aliphatic heterocycles. The SMILES string of the molecule is CC(C)CNC(=O)CN1CCN(CCCn2c(=O)c3c(ncn3C)n(C)c2=O)CC1. The number of nitrogens with zero attached hydrogens (tertiary/aromatic N) is 6. The van der Waals surface area contributed by atoms with E-state index in [1.807, 2.05) is 0 Å². The van der Waals surface area contributed by atoms with Gasteiger partial charge < -0.3 is 14.8 Å². The van der Waals surface area contributed by atoms with E-state index in [1.54, 1.807) is 25.0 Å². The molecular weight excluding hydrogens is 386 g/mol. The van der Waals surface area contributed by atoms with Crippen molar-refractivity contribution in [3.63, 3.8) is 0 Å². The highest BCUT2D eigenvalue weighted by atomic mass is 16.2. The number of aromatic nitrogens is 4. The third kappa shape index (κ3) is 4.99.